The number of hydrogen-bond donors (Lipinski definition) is 0. The first kappa shape index (κ1) is 14.2. The topological polar surface area (TPSA) is 0 Å². The molecule has 0 radical (unpaired) electrons. The van der Waals surface area contributed by atoms with Gasteiger partial charge in [-0.1, -0.05) is 77.8 Å². The van der Waals surface area contributed by atoms with Gasteiger partial charge in [-0.25, -0.2) is 0 Å². The third kappa shape index (κ3) is 3.29. The van der Waals surface area contributed by atoms with Gasteiger partial charge in [0.25, 0.3) is 0 Å². The van der Waals surface area contributed by atoms with Crippen LogP contribution < -0.4 is 0 Å². The number of halogens is 2. The van der Waals surface area contributed by atoms with Gasteiger partial charge < -0.3 is 0 Å². The highest BCUT2D eigenvalue weighted by molar-refractivity contribution is 6.30. The molecule has 0 saturated carbocycles. The first-order valence-electron chi connectivity index (χ1n) is 6.80. The van der Waals surface area contributed by atoms with E-state index in [1.807, 2.05) is 30.3 Å². The molecule has 0 bridgehead atoms. The van der Waals surface area contributed by atoms with Crippen molar-refractivity contribution in [2.24, 2.45) is 0 Å². The Labute approximate surface area is 135 Å². The fourth-order valence-corrected chi connectivity index (χ4v) is 2.79. The van der Waals surface area contributed by atoms with Crippen LogP contribution in [0.2, 0.25) is 10.0 Å². The van der Waals surface area contributed by atoms with Crippen molar-refractivity contribution in [2.45, 2.75) is 5.92 Å². The molecule has 0 atom stereocenters. The summed E-state index contributed by atoms with van der Waals surface area (Å²) in [7, 11) is 0. The van der Waals surface area contributed by atoms with E-state index in [1.54, 1.807) is 0 Å². The van der Waals surface area contributed by atoms with Crippen molar-refractivity contribution in [2.75, 3.05) is 0 Å². The maximum atomic E-state index is 6.01. The Balaban J connectivity index is 2.11. The zero-order chi connectivity index (χ0) is 14.7. The van der Waals surface area contributed by atoms with E-state index >= 15 is 0 Å². The molecule has 0 heterocycles. The molecule has 0 spiro atoms. The molecule has 3 aromatic rings. The number of rotatable bonds is 3. The summed E-state index contributed by atoms with van der Waals surface area (Å²) in [4.78, 5) is 0. The van der Waals surface area contributed by atoms with Crippen molar-refractivity contribution in [1.29, 1.82) is 0 Å². The van der Waals surface area contributed by atoms with Crippen LogP contribution in [0, 0.1) is 0 Å². The normalized spacial score (nSPS) is 10.8. The quantitative estimate of drug-likeness (QED) is 0.507. The first-order valence-corrected chi connectivity index (χ1v) is 7.55. The summed E-state index contributed by atoms with van der Waals surface area (Å²) in [5.41, 5.74) is 3.68. The average molecular weight is 313 g/mol. The fraction of sp³-hybridized carbons (Fsp3) is 0.0526. The van der Waals surface area contributed by atoms with Crippen molar-refractivity contribution < 1.29 is 0 Å². The summed E-state index contributed by atoms with van der Waals surface area (Å²) in [6.07, 6.45) is 0. The van der Waals surface area contributed by atoms with Crippen LogP contribution in [0.4, 0.5) is 0 Å². The lowest BCUT2D eigenvalue weighted by Gasteiger charge is -2.19. The molecule has 0 amide bonds. The molecule has 0 N–H and O–H groups in total. The van der Waals surface area contributed by atoms with Gasteiger partial charge in [-0.05, 0) is 41.0 Å². The van der Waals surface area contributed by atoms with Gasteiger partial charge in [-0.15, -0.1) is 0 Å². The van der Waals surface area contributed by atoms with Crippen molar-refractivity contribution in [1.82, 2.24) is 0 Å². The second-order valence-electron chi connectivity index (χ2n) is 4.95. The summed E-state index contributed by atoms with van der Waals surface area (Å²) in [5, 5.41) is 1.50. The summed E-state index contributed by atoms with van der Waals surface area (Å²) in [6.45, 7) is 0. The van der Waals surface area contributed by atoms with Gasteiger partial charge in [0.1, 0.15) is 0 Å². The maximum Gasteiger partial charge on any atom is 0.0406 e. The van der Waals surface area contributed by atoms with Gasteiger partial charge in [0.05, 0.1) is 0 Å². The van der Waals surface area contributed by atoms with Crippen LogP contribution in [0.1, 0.15) is 22.6 Å². The Morgan fingerprint density at radius 3 is 1.29 bits per heavy atom. The van der Waals surface area contributed by atoms with Crippen LogP contribution in [-0.2, 0) is 0 Å². The molecule has 104 valence electrons. The second-order valence-corrected chi connectivity index (χ2v) is 5.82. The molecule has 0 unspecified atom stereocenters. The van der Waals surface area contributed by atoms with E-state index in [2.05, 4.69) is 48.5 Å². The van der Waals surface area contributed by atoms with Crippen LogP contribution in [0.5, 0.6) is 0 Å². The van der Waals surface area contributed by atoms with E-state index in [0.29, 0.717) is 0 Å². The minimum atomic E-state index is 0.181. The van der Waals surface area contributed by atoms with Gasteiger partial charge in [0.2, 0.25) is 0 Å². The van der Waals surface area contributed by atoms with Crippen molar-refractivity contribution in [3.63, 3.8) is 0 Å². The average Bonchev–Trinajstić information content (AvgIpc) is 2.52. The minimum absolute atomic E-state index is 0.181. The predicted molar refractivity (Wildman–Crippen MR) is 90.3 cm³/mol. The van der Waals surface area contributed by atoms with Gasteiger partial charge in [0, 0.05) is 16.0 Å². The van der Waals surface area contributed by atoms with Crippen molar-refractivity contribution >= 4 is 23.2 Å². The van der Waals surface area contributed by atoms with Crippen LogP contribution in [0.15, 0.2) is 78.9 Å². The van der Waals surface area contributed by atoms with Gasteiger partial charge in [0.15, 0.2) is 0 Å². The molecule has 0 aromatic heterocycles. The number of benzene rings is 3. The van der Waals surface area contributed by atoms with Gasteiger partial charge in [-0.2, -0.15) is 0 Å². The fourth-order valence-electron chi connectivity index (χ4n) is 2.53. The van der Waals surface area contributed by atoms with Crippen LogP contribution >= 0.6 is 23.2 Å². The third-order valence-corrected chi connectivity index (χ3v) is 4.04. The lowest BCUT2D eigenvalue weighted by atomic mass is 9.85. The van der Waals surface area contributed by atoms with Crippen LogP contribution in [0.25, 0.3) is 0 Å². The highest BCUT2D eigenvalue weighted by Crippen LogP contribution is 2.32. The van der Waals surface area contributed by atoms with E-state index < -0.39 is 0 Å². The minimum Gasteiger partial charge on any atom is -0.0843 e. The highest BCUT2D eigenvalue weighted by Gasteiger charge is 2.16. The molecule has 0 aliphatic rings. The van der Waals surface area contributed by atoms with Crippen LogP contribution in [0.3, 0.4) is 0 Å². The van der Waals surface area contributed by atoms with Gasteiger partial charge >= 0.3 is 0 Å². The van der Waals surface area contributed by atoms with E-state index in [9.17, 15) is 0 Å². The Morgan fingerprint density at radius 2 is 0.857 bits per heavy atom. The zero-order valence-corrected chi connectivity index (χ0v) is 12.9. The molecule has 0 saturated heterocycles. The Morgan fingerprint density at radius 1 is 0.476 bits per heavy atom. The lowest BCUT2D eigenvalue weighted by molar-refractivity contribution is 0.977. The molecule has 0 nitrogen and oxygen atoms in total. The van der Waals surface area contributed by atoms with E-state index in [-0.39, 0.29) is 5.92 Å². The molecule has 21 heavy (non-hydrogen) atoms. The number of hydrogen-bond acceptors (Lipinski definition) is 0. The summed E-state index contributed by atoms with van der Waals surface area (Å²) >= 11 is 12.0. The lowest BCUT2D eigenvalue weighted by Crippen LogP contribution is -2.03. The van der Waals surface area contributed by atoms with E-state index in [4.69, 9.17) is 23.2 Å². The van der Waals surface area contributed by atoms with Crippen molar-refractivity contribution in [3.8, 4) is 0 Å². The molecule has 3 aromatic carbocycles. The SMILES string of the molecule is Clc1ccc(C(c2ccccc2)c2ccc(Cl)cc2)cc1. The first-order chi connectivity index (χ1) is 10.2. The van der Waals surface area contributed by atoms with Crippen molar-refractivity contribution in [3.05, 3.63) is 106 Å². The zero-order valence-electron chi connectivity index (χ0n) is 11.3. The molecular formula is C19H14Cl2. The van der Waals surface area contributed by atoms with Gasteiger partial charge in [-0.3, -0.25) is 0 Å². The molecular weight excluding hydrogens is 299 g/mol. The van der Waals surface area contributed by atoms with E-state index in [0.717, 1.165) is 10.0 Å². The summed E-state index contributed by atoms with van der Waals surface area (Å²) in [5.74, 6) is 0.181. The molecule has 3 rings (SSSR count). The Hall–Kier alpha value is -1.76. The van der Waals surface area contributed by atoms with E-state index in [1.165, 1.54) is 16.7 Å². The molecule has 0 aliphatic carbocycles. The second kappa shape index (κ2) is 6.34. The smallest absolute Gasteiger partial charge is 0.0406 e. The third-order valence-electron chi connectivity index (χ3n) is 3.54. The maximum absolute atomic E-state index is 6.01. The Kier molecular flexibility index (Phi) is 4.28. The molecule has 2 heteroatoms. The largest absolute Gasteiger partial charge is 0.0843 e. The summed E-state index contributed by atoms with van der Waals surface area (Å²) < 4.78 is 0. The molecule has 0 fully saturated rings. The monoisotopic (exact) mass is 312 g/mol. The molecule has 0 aliphatic heterocycles. The summed E-state index contributed by atoms with van der Waals surface area (Å²) in [6, 6.07) is 26.5. The standard InChI is InChI=1S/C19H14Cl2/c20-17-10-6-15(7-11-17)19(14-4-2-1-3-5-14)16-8-12-18(21)13-9-16/h1-13,19H. The van der Waals surface area contributed by atoms with Crippen LogP contribution in [-0.4, -0.2) is 0 Å². The Bertz CT molecular complexity index is 655. The predicted octanol–water partition coefficient (Wildman–Crippen LogP) is 6.17. The highest BCUT2D eigenvalue weighted by atomic mass is 35.5.